The van der Waals surface area contributed by atoms with Crippen LogP contribution in [0, 0.1) is 0 Å². The molecule has 0 amide bonds. The molecule has 5 rings (SSSR count). The third kappa shape index (κ3) is 9.38. The van der Waals surface area contributed by atoms with Gasteiger partial charge in [0.1, 0.15) is 0 Å². The van der Waals surface area contributed by atoms with Crippen LogP contribution in [-0.4, -0.2) is 161 Å². The van der Waals surface area contributed by atoms with Gasteiger partial charge in [0.15, 0.2) is 0 Å². The predicted molar refractivity (Wildman–Crippen MR) is 230 cm³/mol. The maximum absolute atomic E-state index is 11.5. The van der Waals surface area contributed by atoms with Crippen molar-refractivity contribution in [2.75, 3.05) is 41.0 Å². The molecular weight excluding hydrogens is 753 g/mol. The number of anilines is 3. The van der Waals surface area contributed by atoms with E-state index < -0.39 is 44.3 Å². The van der Waals surface area contributed by atoms with Gasteiger partial charge < -0.3 is 45.7 Å². The first kappa shape index (κ1) is 48.0. The Morgan fingerprint density at radius 1 is 0.390 bits per heavy atom. The van der Waals surface area contributed by atoms with Crippen LogP contribution in [-0.2, 0) is 0 Å². The van der Waals surface area contributed by atoms with Crippen molar-refractivity contribution < 1.29 is 31.0 Å². The van der Waals surface area contributed by atoms with E-state index in [-0.39, 0.29) is 50.5 Å². The van der Waals surface area contributed by atoms with Gasteiger partial charge in [-0.3, -0.25) is 0 Å². The van der Waals surface area contributed by atoms with Crippen LogP contribution in [0.25, 0.3) is 0 Å². The van der Waals surface area contributed by atoms with Crippen molar-refractivity contribution in [3.05, 3.63) is 0 Å². The minimum absolute atomic E-state index is 0.128. The summed E-state index contributed by atoms with van der Waals surface area (Å²) in [6.07, 6.45) is 4.88. The molecule has 4 aliphatic heterocycles. The van der Waals surface area contributed by atoms with Crippen molar-refractivity contribution >= 4 is 17.8 Å². The summed E-state index contributed by atoms with van der Waals surface area (Å²) in [6, 6.07) is -0.511. The highest BCUT2D eigenvalue weighted by Gasteiger charge is 2.55. The highest BCUT2D eigenvalue weighted by Crippen LogP contribution is 2.48. The summed E-state index contributed by atoms with van der Waals surface area (Å²) in [5.41, 5.74) is -4.76. The van der Waals surface area contributed by atoms with Crippen molar-refractivity contribution in [2.45, 2.75) is 231 Å². The van der Waals surface area contributed by atoms with E-state index in [0.29, 0.717) is 69.2 Å². The fourth-order valence-electron chi connectivity index (χ4n) is 12.2. The number of aliphatic hydroxyl groups is 2. The average molecular weight is 835 g/mol. The Labute approximate surface area is 355 Å². The monoisotopic (exact) mass is 835 g/mol. The first-order valence-electron chi connectivity index (χ1n) is 22.0. The van der Waals surface area contributed by atoms with Crippen LogP contribution >= 0.6 is 0 Å². The van der Waals surface area contributed by atoms with Gasteiger partial charge in [0.25, 0.3) is 0 Å². The first-order chi connectivity index (χ1) is 26.7. The highest BCUT2D eigenvalue weighted by atomic mass is 16.5. The Kier molecular flexibility index (Phi) is 13.0. The lowest BCUT2D eigenvalue weighted by atomic mass is 9.74. The predicted octanol–water partition coefficient (Wildman–Crippen LogP) is 5.92. The van der Waals surface area contributed by atoms with E-state index >= 15 is 0 Å². The maximum atomic E-state index is 11.5. The van der Waals surface area contributed by atoms with Gasteiger partial charge in [-0.05, 0) is 162 Å². The molecule has 0 saturated carbocycles. The molecule has 4 saturated heterocycles. The molecule has 340 valence electrons. The van der Waals surface area contributed by atoms with E-state index in [1.54, 1.807) is 0 Å². The molecule has 1 aromatic heterocycles. The van der Waals surface area contributed by atoms with Gasteiger partial charge in [-0.2, -0.15) is 35.2 Å². The van der Waals surface area contributed by atoms with Gasteiger partial charge in [-0.1, -0.05) is 0 Å². The number of aromatic nitrogens is 3. The van der Waals surface area contributed by atoms with E-state index in [2.05, 4.69) is 121 Å². The number of rotatable bonds is 11. The second kappa shape index (κ2) is 16.0. The molecule has 0 unspecified atom stereocenters. The molecule has 0 aliphatic carbocycles. The lowest BCUT2D eigenvalue weighted by molar-refractivity contribution is -0.251. The van der Waals surface area contributed by atoms with E-state index in [9.17, 15) is 31.0 Å². The van der Waals surface area contributed by atoms with Crippen LogP contribution in [0.1, 0.15) is 162 Å². The van der Waals surface area contributed by atoms with Crippen LogP contribution in [0.15, 0.2) is 0 Å². The second-order valence-corrected chi connectivity index (χ2v) is 23.5. The van der Waals surface area contributed by atoms with Gasteiger partial charge >= 0.3 is 0 Å². The minimum Gasteiger partial charge on any atom is -0.395 e. The fraction of sp³-hybridized carbons (Fsp3) is 0.930. The van der Waals surface area contributed by atoms with Crippen LogP contribution in [0.3, 0.4) is 0 Å². The van der Waals surface area contributed by atoms with Crippen molar-refractivity contribution in [2.24, 2.45) is 0 Å². The molecule has 0 bridgehead atoms. The fourth-order valence-corrected chi connectivity index (χ4v) is 12.2. The molecule has 6 N–H and O–H groups in total. The molecule has 1 aromatic rings. The topological polar surface area (TPSA) is 183 Å². The Morgan fingerprint density at radius 3 is 0.763 bits per heavy atom. The zero-order valence-corrected chi connectivity index (χ0v) is 39.5. The van der Waals surface area contributed by atoms with Crippen molar-refractivity contribution in [1.29, 1.82) is 0 Å². The maximum Gasteiger partial charge on any atom is 0.232 e. The summed E-state index contributed by atoms with van der Waals surface area (Å²) >= 11 is 0. The summed E-state index contributed by atoms with van der Waals surface area (Å²) < 4.78 is 0. The highest BCUT2D eigenvalue weighted by molar-refractivity contribution is 5.50. The molecule has 0 atom stereocenters. The number of piperidine rings is 4. The van der Waals surface area contributed by atoms with Gasteiger partial charge in [-0.25, -0.2) is 0 Å². The molecule has 5 heterocycles. The van der Waals surface area contributed by atoms with Crippen molar-refractivity contribution in [3.8, 4) is 0 Å². The normalized spacial score (nSPS) is 27.8. The summed E-state index contributed by atoms with van der Waals surface area (Å²) in [5.74, 6) is 1.28. The Bertz CT molecular complexity index is 1370. The van der Waals surface area contributed by atoms with Gasteiger partial charge in [-0.15, -0.1) is 0 Å². The quantitative estimate of drug-likeness (QED) is 0.154. The zero-order chi connectivity index (χ0) is 44.7. The molecule has 0 aromatic carbocycles. The molecule has 0 spiro atoms. The second-order valence-electron chi connectivity index (χ2n) is 23.5. The molecule has 16 nitrogen and oxygen atoms in total. The SMILES string of the molecule is CC1(C)CC(N(c2nc(N(CCO)CCO)nc(N(C3CC(C)(C)N(O)C(C)(C)C3)C3CC(C)(C)N(O)C(C)(C)C3)n2)C2CC(C)(C)N(O)C(C)(C)C2)CC(C)(C)N1O. The number of aliphatic hydroxyl groups excluding tert-OH is 2. The standard InChI is InChI=1S/C43H82N10O6/c1-36(2)21-29(22-37(3,4)50(36)56)48(30-23-38(5,6)51(57)39(7,8)24-30)34-44-33(47(17-19-54)18-20-55)45-35(46-34)49(31-25-40(9,10)52(58)41(11,12)26-31)32-27-42(13,14)53(59)43(15,16)28-32/h29-32,54-59H,17-28H2,1-16H3. The summed E-state index contributed by atoms with van der Waals surface area (Å²) in [7, 11) is 0. The number of hydrogen-bond donors (Lipinski definition) is 6. The third-order valence-electron chi connectivity index (χ3n) is 14.1. The Hall–Kier alpha value is -1.99. The van der Waals surface area contributed by atoms with Gasteiger partial charge in [0.2, 0.25) is 17.8 Å². The molecule has 4 aliphatic rings. The molecular formula is C43H82N10O6. The summed E-state index contributed by atoms with van der Waals surface area (Å²) in [4.78, 5) is 22.7. The van der Waals surface area contributed by atoms with E-state index in [1.165, 1.54) is 20.3 Å². The van der Waals surface area contributed by atoms with Crippen molar-refractivity contribution in [3.63, 3.8) is 0 Å². The smallest absolute Gasteiger partial charge is 0.232 e. The van der Waals surface area contributed by atoms with Crippen LogP contribution in [0.2, 0.25) is 0 Å². The van der Waals surface area contributed by atoms with Gasteiger partial charge in [0.05, 0.1) is 13.2 Å². The number of nitrogens with zero attached hydrogens (tertiary/aromatic N) is 10. The van der Waals surface area contributed by atoms with Crippen LogP contribution in [0.5, 0.6) is 0 Å². The first-order valence-corrected chi connectivity index (χ1v) is 22.0. The molecule has 59 heavy (non-hydrogen) atoms. The molecule has 16 heteroatoms. The third-order valence-corrected chi connectivity index (χ3v) is 14.1. The van der Waals surface area contributed by atoms with Gasteiger partial charge in [0, 0.05) is 81.6 Å². The van der Waals surface area contributed by atoms with E-state index in [1.807, 2.05) is 4.90 Å². The average Bonchev–Trinajstić information content (AvgIpc) is 3.06. The lowest BCUT2D eigenvalue weighted by Gasteiger charge is -2.59. The zero-order valence-electron chi connectivity index (χ0n) is 39.5. The number of hydrogen-bond acceptors (Lipinski definition) is 16. The molecule has 0 radical (unpaired) electrons. The summed E-state index contributed by atoms with van der Waals surface area (Å²) in [6.45, 7) is 33.1. The largest absolute Gasteiger partial charge is 0.395 e. The summed E-state index contributed by atoms with van der Waals surface area (Å²) in [5, 5.41) is 72.7. The van der Waals surface area contributed by atoms with E-state index in [4.69, 9.17) is 15.0 Å². The molecule has 4 fully saturated rings. The number of hydroxylamine groups is 8. The Morgan fingerprint density at radius 2 is 0.576 bits per heavy atom. The minimum atomic E-state index is -0.594. The Balaban J connectivity index is 1.83. The van der Waals surface area contributed by atoms with Crippen LogP contribution in [0.4, 0.5) is 17.8 Å². The van der Waals surface area contributed by atoms with Crippen LogP contribution < -0.4 is 14.7 Å². The van der Waals surface area contributed by atoms with Crippen molar-refractivity contribution in [1.82, 2.24) is 35.2 Å². The van der Waals surface area contributed by atoms with E-state index in [0.717, 1.165) is 0 Å². The lowest BCUT2D eigenvalue weighted by Crippen LogP contribution is -2.68.